The second-order valence-electron chi connectivity index (χ2n) is 4.23. The number of rotatable bonds is 4. The van der Waals surface area contributed by atoms with Crippen molar-refractivity contribution in [3.8, 4) is 0 Å². The topological polar surface area (TPSA) is 37.3 Å². The van der Waals surface area contributed by atoms with Gasteiger partial charge in [-0.15, -0.1) is 11.8 Å². The van der Waals surface area contributed by atoms with Gasteiger partial charge < -0.3 is 5.11 Å². The molecule has 1 saturated heterocycles. The molecule has 13 heavy (non-hydrogen) atoms. The molecule has 1 aliphatic carbocycles. The molecule has 2 rings (SSSR count). The van der Waals surface area contributed by atoms with Crippen LogP contribution in [0.5, 0.6) is 0 Å². The first-order chi connectivity index (χ1) is 6.23. The van der Waals surface area contributed by atoms with E-state index in [0.29, 0.717) is 0 Å². The monoisotopic (exact) mass is 200 g/mol. The fraction of sp³-hybridized carbons (Fsp3) is 0.900. The Labute approximate surface area is 83.1 Å². The Kier molecular flexibility index (Phi) is 2.54. The lowest BCUT2D eigenvalue weighted by Gasteiger charge is -2.22. The molecular formula is C10H16O2S. The van der Waals surface area contributed by atoms with E-state index in [-0.39, 0.29) is 0 Å². The van der Waals surface area contributed by atoms with Crippen LogP contribution in [0.4, 0.5) is 0 Å². The standard InChI is InChI=1S/C10H16O2S/c11-9(12)10(5-1-7-13-10)6-4-8-2-3-8/h8H,1-7H2,(H,11,12). The van der Waals surface area contributed by atoms with E-state index in [1.165, 1.54) is 12.8 Å². The predicted octanol–water partition coefficient (Wildman–Crippen LogP) is 2.53. The Morgan fingerprint density at radius 3 is 2.77 bits per heavy atom. The Morgan fingerprint density at radius 2 is 2.31 bits per heavy atom. The minimum atomic E-state index is -0.573. The van der Waals surface area contributed by atoms with E-state index in [1.54, 1.807) is 11.8 Å². The Balaban J connectivity index is 1.91. The van der Waals surface area contributed by atoms with Crippen LogP contribution in [-0.2, 0) is 4.79 Å². The van der Waals surface area contributed by atoms with E-state index in [0.717, 1.165) is 37.4 Å². The van der Waals surface area contributed by atoms with Crippen molar-refractivity contribution in [1.82, 2.24) is 0 Å². The average Bonchev–Trinajstić information content (AvgIpc) is 2.80. The predicted molar refractivity (Wildman–Crippen MR) is 54.0 cm³/mol. The number of hydrogen-bond donors (Lipinski definition) is 1. The van der Waals surface area contributed by atoms with Crippen LogP contribution in [0.1, 0.15) is 38.5 Å². The maximum Gasteiger partial charge on any atom is 0.319 e. The third-order valence-corrected chi connectivity index (χ3v) is 4.77. The van der Waals surface area contributed by atoms with Crippen LogP contribution in [0.3, 0.4) is 0 Å². The molecule has 2 aliphatic rings. The van der Waals surface area contributed by atoms with Crippen molar-refractivity contribution in [2.75, 3.05) is 5.75 Å². The number of carbonyl (C=O) groups is 1. The number of carboxylic acid groups (broad SMARTS) is 1. The quantitative estimate of drug-likeness (QED) is 0.757. The van der Waals surface area contributed by atoms with E-state index >= 15 is 0 Å². The molecular weight excluding hydrogens is 184 g/mol. The molecule has 2 fully saturated rings. The summed E-state index contributed by atoms with van der Waals surface area (Å²) in [7, 11) is 0. The van der Waals surface area contributed by atoms with Crippen molar-refractivity contribution in [2.24, 2.45) is 5.92 Å². The summed E-state index contributed by atoms with van der Waals surface area (Å²) < 4.78 is -0.400. The van der Waals surface area contributed by atoms with Gasteiger partial charge in [0, 0.05) is 0 Å². The van der Waals surface area contributed by atoms with Gasteiger partial charge >= 0.3 is 5.97 Å². The Hall–Kier alpha value is -0.180. The van der Waals surface area contributed by atoms with E-state index in [4.69, 9.17) is 0 Å². The number of hydrogen-bond acceptors (Lipinski definition) is 2. The molecule has 0 aromatic heterocycles. The molecule has 0 radical (unpaired) electrons. The first-order valence-corrected chi connectivity index (χ1v) is 6.09. The summed E-state index contributed by atoms with van der Waals surface area (Å²) in [5.41, 5.74) is 0. The summed E-state index contributed by atoms with van der Waals surface area (Å²) in [6, 6.07) is 0. The van der Waals surface area contributed by atoms with Crippen LogP contribution in [0.15, 0.2) is 0 Å². The summed E-state index contributed by atoms with van der Waals surface area (Å²) in [4.78, 5) is 11.1. The van der Waals surface area contributed by atoms with Gasteiger partial charge in [0.1, 0.15) is 4.75 Å². The molecule has 0 aromatic rings. The molecule has 0 aromatic carbocycles. The molecule has 0 spiro atoms. The molecule has 0 bridgehead atoms. The van der Waals surface area contributed by atoms with Crippen LogP contribution in [0.25, 0.3) is 0 Å². The normalized spacial score (nSPS) is 33.5. The first-order valence-electron chi connectivity index (χ1n) is 5.10. The molecule has 74 valence electrons. The highest BCUT2D eigenvalue weighted by Gasteiger charge is 2.42. The molecule has 1 unspecified atom stereocenters. The Bertz CT molecular complexity index is 205. The third-order valence-electron chi connectivity index (χ3n) is 3.15. The van der Waals surface area contributed by atoms with Gasteiger partial charge in [0.25, 0.3) is 0 Å². The zero-order chi connectivity index (χ0) is 9.31. The van der Waals surface area contributed by atoms with E-state index in [2.05, 4.69) is 0 Å². The number of thioether (sulfide) groups is 1. The smallest absolute Gasteiger partial charge is 0.319 e. The second kappa shape index (κ2) is 3.52. The highest BCUT2D eigenvalue weighted by Crippen LogP contribution is 2.45. The minimum absolute atomic E-state index is 0.400. The average molecular weight is 200 g/mol. The van der Waals surface area contributed by atoms with Crippen molar-refractivity contribution in [2.45, 2.75) is 43.3 Å². The van der Waals surface area contributed by atoms with Crippen LogP contribution in [0.2, 0.25) is 0 Å². The third kappa shape index (κ3) is 2.01. The van der Waals surface area contributed by atoms with E-state index in [1.807, 2.05) is 0 Å². The van der Waals surface area contributed by atoms with Gasteiger partial charge in [0.15, 0.2) is 0 Å². The molecule has 1 N–H and O–H groups in total. The first kappa shape index (κ1) is 9.38. The SMILES string of the molecule is O=C(O)C1(CCC2CC2)CCCS1. The van der Waals surface area contributed by atoms with Crippen LogP contribution < -0.4 is 0 Å². The summed E-state index contributed by atoms with van der Waals surface area (Å²) in [6.45, 7) is 0. The van der Waals surface area contributed by atoms with Crippen LogP contribution >= 0.6 is 11.8 Å². The van der Waals surface area contributed by atoms with Gasteiger partial charge in [0.2, 0.25) is 0 Å². The van der Waals surface area contributed by atoms with E-state index in [9.17, 15) is 9.90 Å². The maximum atomic E-state index is 11.1. The largest absolute Gasteiger partial charge is 0.480 e. The highest BCUT2D eigenvalue weighted by molar-refractivity contribution is 8.01. The molecule has 0 amide bonds. The van der Waals surface area contributed by atoms with Gasteiger partial charge in [-0.2, -0.15) is 0 Å². The lowest BCUT2D eigenvalue weighted by Crippen LogP contribution is -2.32. The van der Waals surface area contributed by atoms with Gasteiger partial charge in [-0.3, -0.25) is 4.79 Å². The Morgan fingerprint density at radius 1 is 1.54 bits per heavy atom. The maximum absolute atomic E-state index is 11.1. The molecule has 1 saturated carbocycles. The fourth-order valence-corrected chi connectivity index (χ4v) is 3.37. The van der Waals surface area contributed by atoms with Crippen LogP contribution in [-0.4, -0.2) is 21.6 Å². The zero-order valence-electron chi connectivity index (χ0n) is 7.79. The summed E-state index contributed by atoms with van der Waals surface area (Å²) in [5, 5.41) is 9.18. The highest BCUT2D eigenvalue weighted by atomic mass is 32.2. The second-order valence-corrected chi connectivity index (χ2v) is 5.71. The van der Waals surface area contributed by atoms with E-state index < -0.39 is 10.7 Å². The van der Waals surface area contributed by atoms with Crippen molar-refractivity contribution >= 4 is 17.7 Å². The van der Waals surface area contributed by atoms with Crippen molar-refractivity contribution in [3.63, 3.8) is 0 Å². The molecule has 1 aliphatic heterocycles. The van der Waals surface area contributed by atoms with Crippen molar-refractivity contribution in [1.29, 1.82) is 0 Å². The summed E-state index contributed by atoms with van der Waals surface area (Å²) >= 11 is 1.67. The minimum Gasteiger partial charge on any atom is -0.480 e. The number of aliphatic carboxylic acids is 1. The van der Waals surface area contributed by atoms with Gasteiger partial charge in [-0.05, 0) is 37.4 Å². The molecule has 1 heterocycles. The lowest BCUT2D eigenvalue weighted by molar-refractivity contribution is -0.140. The van der Waals surface area contributed by atoms with Crippen LogP contribution in [0, 0.1) is 5.92 Å². The van der Waals surface area contributed by atoms with Gasteiger partial charge in [-0.1, -0.05) is 12.8 Å². The lowest BCUT2D eigenvalue weighted by atomic mass is 9.96. The summed E-state index contributed by atoms with van der Waals surface area (Å²) in [6.07, 6.45) is 6.68. The summed E-state index contributed by atoms with van der Waals surface area (Å²) in [5.74, 6) is 1.32. The van der Waals surface area contributed by atoms with Gasteiger partial charge in [0.05, 0.1) is 0 Å². The van der Waals surface area contributed by atoms with Gasteiger partial charge in [-0.25, -0.2) is 0 Å². The molecule has 3 heteroatoms. The van der Waals surface area contributed by atoms with Crippen molar-refractivity contribution in [3.05, 3.63) is 0 Å². The fourth-order valence-electron chi connectivity index (χ4n) is 2.01. The number of carboxylic acids is 1. The molecule has 1 atom stereocenters. The van der Waals surface area contributed by atoms with Crippen molar-refractivity contribution < 1.29 is 9.90 Å². The molecule has 2 nitrogen and oxygen atoms in total. The zero-order valence-corrected chi connectivity index (χ0v) is 8.61.